The van der Waals surface area contributed by atoms with Crippen molar-refractivity contribution in [3.05, 3.63) is 12.7 Å². The van der Waals surface area contributed by atoms with Crippen LogP contribution in [0.5, 0.6) is 0 Å². The average molecular weight is 170 g/mol. The van der Waals surface area contributed by atoms with Gasteiger partial charge in [-0.05, 0) is 18.4 Å². The van der Waals surface area contributed by atoms with Gasteiger partial charge in [-0.1, -0.05) is 20.4 Å². The number of nitrogens with one attached hydrogen (secondary N) is 1. The highest BCUT2D eigenvalue weighted by Gasteiger charge is 2.01. The van der Waals surface area contributed by atoms with E-state index >= 15 is 0 Å². The van der Waals surface area contributed by atoms with Crippen molar-refractivity contribution in [3.8, 4) is 0 Å². The van der Waals surface area contributed by atoms with Crippen LogP contribution in [0.4, 0.5) is 0 Å². The first-order valence-corrected chi connectivity index (χ1v) is 4.20. The van der Waals surface area contributed by atoms with E-state index in [0.717, 1.165) is 13.0 Å². The highest BCUT2D eigenvalue weighted by molar-refractivity contribution is 5.86. The zero-order valence-electron chi connectivity index (χ0n) is 8.13. The zero-order chi connectivity index (χ0) is 9.56. The summed E-state index contributed by atoms with van der Waals surface area (Å²) in [6.45, 7) is 8.55. The monoisotopic (exact) mass is 170 g/mol. The molecule has 0 fully saturated rings. The molecule has 0 heterocycles. The maximum Gasteiger partial charge on any atom is 0.257 e. The third kappa shape index (κ3) is 5.92. The molecule has 70 valence electrons. The first-order valence-electron chi connectivity index (χ1n) is 4.20. The van der Waals surface area contributed by atoms with E-state index < -0.39 is 0 Å². The molecule has 0 aromatic carbocycles. The molecule has 0 saturated carbocycles. The van der Waals surface area contributed by atoms with Gasteiger partial charge in [0.05, 0.1) is 0 Å². The van der Waals surface area contributed by atoms with Gasteiger partial charge in [-0.25, -0.2) is 5.01 Å². The van der Waals surface area contributed by atoms with Crippen LogP contribution >= 0.6 is 0 Å². The largest absolute Gasteiger partial charge is 0.286 e. The smallest absolute Gasteiger partial charge is 0.257 e. The van der Waals surface area contributed by atoms with E-state index in [9.17, 15) is 4.79 Å². The topological polar surface area (TPSA) is 32.3 Å². The standard InChI is InChI=1S/C9H18N2O/c1-5-9(12)10-11(4)7-6-8(2)3/h5,8H,1,6-7H2,2-4H3,(H,10,12). The van der Waals surface area contributed by atoms with Crippen LogP contribution in [0, 0.1) is 5.92 Å². The Morgan fingerprint density at radius 3 is 2.67 bits per heavy atom. The molecule has 0 radical (unpaired) electrons. The Bertz CT molecular complexity index is 155. The minimum atomic E-state index is -0.152. The molecule has 0 aliphatic carbocycles. The van der Waals surface area contributed by atoms with E-state index in [-0.39, 0.29) is 5.91 Å². The SMILES string of the molecule is C=CC(=O)NN(C)CCC(C)C. The summed E-state index contributed by atoms with van der Waals surface area (Å²) in [6.07, 6.45) is 2.35. The van der Waals surface area contributed by atoms with Crippen LogP contribution in [0.3, 0.4) is 0 Å². The predicted molar refractivity (Wildman–Crippen MR) is 50.4 cm³/mol. The summed E-state index contributed by atoms with van der Waals surface area (Å²) >= 11 is 0. The molecule has 0 atom stereocenters. The van der Waals surface area contributed by atoms with Gasteiger partial charge in [0.15, 0.2) is 0 Å². The second-order valence-electron chi connectivity index (χ2n) is 3.28. The minimum absolute atomic E-state index is 0.152. The molecule has 1 N–H and O–H groups in total. The third-order valence-corrected chi connectivity index (χ3v) is 1.53. The molecule has 0 saturated heterocycles. The second-order valence-corrected chi connectivity index (χ2v) is 3.28. The van der Waals surface area contributed by atoms with E-state index in [1.54, 1.807) is 5.01 Å². The van der Waals surface area contributed by atoms with Crippen LogP contribution in [0.2, 0.25) is 0 Å². The van der Waals surface area contributed by atoms with Gasteiger partial charge in [-0.3, -0.25) is 10.2 Å². The van der Waals surface area contributed by atoms with Crippen molar-refractivity contribution in [2.75, 3.05) is 13.6 Å². The van der Waals surface area contributed by atoms with E-state index in [2.05, 4.69) is 25.9 Å². The third-order valence-electron chi connectivity index (χ3n) is 1.53. The highest BCUT2D eigenvalue weighted by Crippen LogP contribution is 1.98. The molecule has 3 nitrogen and oxygen atoms in total. The highest BCUT2D eigenvalue weighted by atomic mass is 16.2. The number of nitrogens with zero attached hydrogens (tertiary/aromatic N) is 1. The van der Waals surface area contributed by atoms with Crippen molar-refractivity contribution in [2.45, 2.75) is 20.3 Å². The van der Waals surface area contributed by atoms with Gasteiger partial charge in [0.1, 0.15) is 0 Å². The Hall–Kier alpha value is -0.830. The molecule has 0 rings (SSSR count). The van der Waals surface area contributed by atoms with Crippen molar-refractivity contribution >= 4 is 5.91 Å². The quantitative estimate of drug-likeness (QED) is 0.496. The summed E-state index contributed by atoms with van der Waals surface area (Å²) in [7, 11) is 1.85. The predicted octanol–water partition coefficient (Wildman–Crippen LogP) is 1.18. The van der Waals surface area contributed by atoms with Gasteiger partial charge < -0.3 is 0 Å². The zero-order valence-corrected chi connectivity index (χ0v) is 8.13. The average Bonchev–Trinajstić information content (AvgIpc) is 2.00. The molecule has 0 spiro atoms. The van der Waals surface area contributed by atoms with E-state index in [4.69, 9.17) is 0 Å². The van der Waals surface area contributed by atoms with Gasteiger partial charge in [-0.15, -0.1) is 0 Å². The van der Waals surface area contributed by atoms with Crippen LogP contribution in [0.25, 0.3) is 0 Å². The van der Waals surface area contributed by atoms with Crippen molar-refractivity contribution in [2.24, 2.45) is 5.92 Å². The lowest BCUT2D eigenvalue weighted by Gasteiger charge is -2.17. The second kappa shape index (κ2) is 5.77. The Balaban J connectivity index is 3.52. The Labute approximate surface area is 74.4 Å². The molecule has 0 bridgehead atoms. The number of hydrogen-bond acceptors (Lipinski definition) is 2. The molecular weight excluding hydrogens is 152 g/mol. The summed E-state index contributed by atoms with van der Waals surface area (Å²) in [5.74, 6) is 0.509. The fourth-order valence-corrected chi connectivity index (χ4v) is 0.742. The molecule has 0 aliphatic heterocycles. The summed E-state index contributed by atoms with van der Waals surface area (Å²) in [4.78, 5) is 10.8. The van der Waals surface area contributed by atoms with Gasteiger partial charge in [0.25, 0.3) is 5.91 Å². The maximum atomic E-state index is 10.8. The maximum absolute atomic E-state index is 10.8. The normalized spacial score (nSPS) is 10.4. The number of hydrazine groups is 1. The first-order chi connectivity index (χ1) is 5.56. The lowest BCUT2D eigenvalue weighted by Crippen LogP contribution is -2.39. The van der Waals surface area contributed by atoms with E-state index in [0.29, 0.717) is 5.92 Å². The van der Waals surface area contributed by atoms with Crippen molar-refractivity contribution in [1.29, 1.82) is 0 Å². The molecule has 0 aliphatic rings. The number of rotatable bonds is 5. The van der Waals surface area contributed by atoms with Crippen molar-refractivity contribution in [1.82, 2.24) is 10.4 Å². The molecule has 0 unspecified atom stereocenters. The van der Waals surface area contributed by atoms with Crippen molar-refractivity contribution in [3.63, 3.8) is 0 Å². The van der Waals surface area contributed by atoms with Gasteiger partial charge in [-0.2, -0.15) is 0 Å². The molecule has 0 aromatic heterocycles. The fraction of sp³-hybridized carbons (Fsp3) is 0.667. The molecule has 12 heavy (non-hydrogen) atoms. The molecule has 0 aromatic rings. The van der Waals surface area contributed by atoms with Gasteiger partial charge in [0, 0.05) is 13.6 Å². The van der Waals surface area contributed by atoms with Gasteiger partial charge in [0.2, 0.25) is 0 Å². The summed E-state index contributed by atoms with van der Waals surface area (Å²) in [5, 5.41) is 1.78. The summed E-state index contributed by atoms with van der Waals surface area (Å²) < 4.78 is 0. The van der Waals surface area contributed by atoms with Crippen LogP contribution in [0.1, 0.15) is 20.3 Å². The Kier molecular flexibility index (Phi) is 5.37. The Morgan fingerprint density at radius 2 is 2.25 bits per heavy atom. The number of hydrogen-bond donors (Lipinski definition) is 1. The molecule has 3 heteroatoms. The lowest BCUT2D eigenvalue weighted by atomic mass is 10.1. The first kappa shape index (κ1) is 11.2. The lowest BCUT2D eigenvalue weighted by molar-refractivity contribution is -0.120. The summed E-state index contributed by atoms with van der Waals surface area (Å²) in [6, 6.07) is 0. The molecular formula is C9H18N2O. The number of carbonyl (C=O) groups excluding carboxylic acids is 1. The number of amides is 1. The molecule has 1 amide bonds. The van der Waals surface area contributed by atoms with Crippen LogP contribution in [-0.4, -0.2) is 24.5 Å². The van der Waals surface area contributed by atoms with E-state index in [1.165, 1.54) is 6.08 Å². The van der Waals surface area contributed by atoms with Gasteiger partial charge >= 0.3 is 0 Å². The summed E-state index contributed by atoms with van der Waals surface area (Å²) in [5.41, 5.74) is 2.66. The van der Waals surface area contributed by atoms with Crippen molar-refractivity contribution < 1.29 is 4.79 Å². The fourth-order valence-electron chi connectivity index (χ4n) is 0.742. The van der Waals surface area contributed by atoms with Crippen LogP contribution < -0.4 is 5.43 Å². The van der Waals surface area contributed by atoms with Crippen LogP contribution in [0.15, 0.2) is 12.7 Å². The van der Waals surface area contributed by atoms with E-state index in [1.807, 2.05) is 7.05 Å². The number of carbonyl (C=O) groups is 1. The minimum Gasteiger partial charge on any atom is -0.286 e. The Morgan fingerprint density at radius 1 is 1.67 bits per heavy atom. The van der Waals surface area contributed by atoms with Crippen LogP contribution in [-0.2, 0) is 4.79 Å².